The zero-order valence-corrected chi connectivity index (χ0v) is 21.8. The SMILES string of the molecule is CCN(CC)C1CCC(c2ccc(NC(=O)c3cc(C#N)c[nH]3)c(C3=CCC(C)(C)CC3)c2)CC1. The van der Waals surface area contributed by atoms with E-state index in [1.54, 1.807) is 12.3 Å². The Labute approximate surface area is 210 Å². The first-order chi connectivity index (χ1) is 16.8. The third-order valence-electron chi connectivity index (χ3n) is 8.16. The Morgan fingerprint density at radius 1 is 1.17 bits per heavy atom. The second-order valence-corrected chi connectivity index (χ2v) is 11.0. The highest BCUT2D eigenvalue weighted by Crippen LogP contribution is 2.42. The molecule has 1 amide bonds. The molecule has 186 valence electrons. The summed E-state index contributed by atoms with van der Waals surface area (Å²) in [6.07, 6.45) is 12.1. The number of aromatic amines is 1. The molecule has 1 heterocycles. The maximum Gasteiger partial charge on any atom is 0.272 e. The van der Waals surface area contributed by atoms with Gasteiger partial charge < -0.3 is 15.2 Å². The summed E-state index contributed by atoms with van der Waals surface area (Å²) in [7, 11) is 0. The molecule has 4 rings (SSSR count). The minimum absolute atomic E-state index is 0.211. The van der Waals surface area contributed by atoms with Crippen molar-refractivity contribution in [2.75, 3.05) is 18.4 Å². The molecule has 1 saturated carbocycles. The van der Waals surface area contributed by atoms with Crippen LogP contribution in [0.2, 0.25) is 0 Å². The summed E-state index contributed by atoms with van der Waals surface area (Å²) in [5, 5.41) is 12.2. The number of benzene rings is 1. The molecule has 0 unspecified atom stereocenters. The molecule has 5 heteroatoms. The lowest BCUT2D eigenvalue weighted by Gasteiger charge is -2.36. The average molecular weight is 473 g/mol. The highest BCUT2D eigenvalue weighted by atomic mass is 16.1. The molecule has 0 atom stereocenters. The van der Waals surface area contributed by atoms with E-state index < -0.39 is 0 Å². The molecule has 0 radical (unpaired) electrons. The Bertz CT molecular complexity index is 1110. The Morgan fingerprint density at radius 3 is 2.51 bits per heavy atom. The van der Waals surface area contributed by atoms with Gasteiger partial charge in [0.05, 0.1) is 5.56 Å². The third kappa shape index (κ3) is 5.87. The first kappa shape index (κ1) is 25.3. The molecule has 2 aromatic rings. The van der Waals surface area contributed by atoms with Crippen molar-refractivity contribution in [1.82, 2.24) is 9.88 Å². The van der Waals surface area contributed by atoms with Gasteiger partial charge in [0.2, 0.25) is 0 Å². The van der Waals surface area contributed by atoms with Crippen molar-refractivity contribution in [3.05, 3.63) is 58.9 Å². The molecular weight excluding hydrogens is 432 g/mol. The predicted molar refractivity (Wildman–Crippen MR) is 143 cm³/mol. The molecule has 1 fully saturated rings. The van der Waals surface area contributed by atoms with Crippen LogP contribution in [0.5, 0.6) is 0 Å². The number of hydrogen-bond acceptors (Lipinski definition) is 3. The second kappa shape index (κ2) is 10.8. The highest BCUT2D eigenvalue weighted by molar-refractivity contribution is 6.04. The highest BCUT2D eigenvalue weighted by Gasteiger charge is 2.27. The minimum atomic E-state index is -0.211. The zero-order valence-electron chi connectivity index (χ0n) is 21.8. The van der Waals surface area contributed by atoms with Gasteiger partial charge in [-0.2, -0.15) is 5.26 Å². The average Bonchev–Trinajstić information content (AvgIpc) is 3.35. The molecule has 0 spiro atoms. The number of nitrogens with one attached hydrogen (secondary N) is 2. The van der Waals surface area contributed by atoms with E-state index in [-0.39, 0.29) is 5.91 Å². The topological polar surface area (TPSA) is 71.9 Å². The van der Waals surface area contributed by atoms with E-state index in [1.165, 1.54) is 36.8 Å². The molecule has 1 aromatic carbocycles. The largest absolute Gasteiger partial charge is 0.356 e. The van der Waals surface area contributed by atoms with Gasteiger partial charge in [-0.3, -0.25) is 4.79 Å². The van der Waals surface area contributed by atoms with Crippen molar-refractivity contribution >= 4 is 17.2 Å². The van der Waals surface area contributed by atoms with Gasteiger partial charge in [-0.1, -0.05) is 39.8 Å². The van der Waals surface area contributed by atoms with Crippen molar-refractivity contribution in [3.63, 3.8) is 0 Å². The Balaban J connectivity index is 1.58. The van der Waals surface area contributed by atoms with Crippen LogP contribution in [0.25, 0.3) is 5.57 Å². The van der Waals surface area contributed by atoms with Crippen LogP contribution >= 0.6 is 0 Å². The fourth-order valence-electron chi connectivity index (χ4n) is 5.81. The number of amides is 1. The van der Waals surface area contributed by atoms with E-state index in [2.05, 4.69) is 73.2 Å². The maximum atomic E-state index is 12.9. The number of carbonyl (C=O) groups is 1. The minimum Gasteiger partial charge on any atom is -0.356 e. The van der Waals surface area contributed by atoms with Gasteiger partial charge in [-0.15, -0.1) is 0 Å². The van der Waals surface area contributed by atoms with E-state index in [0.717, 1.165) is 43.6 Å². The summed E-state index contributed by atoms with van der Waals surface area (Å²) in [5.74, 6) is 0.365. The van der Waals surface area contributed by atoms with Crippen LogP contribution in [0.1, 0.15) is 106 Å². The number of allylic oxidation sites excluding steroid dienone is 2. The lowest BCUT2D eigenvalue weighted by atomic mass is 9.76. The molecule has 2 aliphatic carbocycles. The van der Waals surface area contributed by atoms with Crippen LogP contribution in [0.3, 0.4) is 0 Å². The van der Waals surface area contributed by atoms with Gasteiger partial charge in [0.25, 0.3) is 5.91 Å². The Morgan fingerprint density at radius 2 is 1.91 bits per heavy atom. The molecule has 2 N–H and O–H groups in total. The normalized spacial score (nSPS) is 21.9. The molecule has 1 aromatic heterocycles. The summed E-state index contributed by atoms with van der Waals surface area (Å²) in [4.78, 5) is 18.5. The number of rotatable bonds is 7. The Hall–Kier alpha value is -2.84. The number of aromatic nitrogens is 1. The van der Waals surface area contributed by atoms with Crippen LogP contribution in [0, 0.1) is 16.7 Å². The van der Waals surface area contributed by atoms with Crippen molar-refractivity contribution in [3.8, 4) is 6.07 Å². The number of H-pyrrole nitrogens is 1. The van der Waals surface area contributed by atoms with Crippen LogP contribution in [-0.2, 0) is 0 Å². The molecule has 0 aliphatic heterocycles. The van der Waals surface area contributed by atoms with Crippen molar-refractivity contribution < 1.29 is 4.79 Å². The number of nitriles is 1. The van der Waals surface area contributed by atoms with Crippen LogP contribution in [-0.4, -0.2) is 34.9 Å². The molecule has 0 saturated heterocycles. The third-order valence-corrected chi connectivity index (χ3v) is 8.16. The van der Waals surface area contributed by atoms with E-state index >= 15 is 0 Å². The first-order valence-electron chi connectivity index (χ1n) is 13.3. The summed E-state index contributed by atoms with van der Waals surface area (Å²) < 4.78 is 0. The van der Waals surface area contributed by atoms with Crippen molar-refractivity contribution in [2.45, 2.75) is 84.6 Å². The van der Waals surface area contributed by atoms with E-state index in [9.17, 15) is 4.79 Å². The van der Waals surface area contributed by atoms with Gasteiger partial charge in [0, 0.05) is 23.5 Å². The van der Waals surface area contributed by atoms with Gasteiger partial charge in [-0.25, -0.2) is 0 Å². The number of hydrogen-bond donors (Lipinski definition) is 2. The van der Waals surface area contributed by atoms with Crippen molar-refractivity contribution in [1.29, 1.82) is 5.26 Å². The molecule has 0 bridgehead atoms. The molecule has 35 heavy (non-hydrogen) atoms. The zero-order chi connectivity index (χ0) is 25.0. The van der Waals surface area contributed by atoms with Gasteiger partial charge in [-0.05, 0) is 98.7 Å². The number of nitrogens with zero attached hydrogens (tertiary/aromatic N) is 2. The summed E-state index contributed by atoms with van der Waals surface area (Å²) in [6, 6.07) is 11.0. The van der Waals surface area contributed by atoms with E-state index in [4.69, 9.17) is 5.26 Å². The van der Waals surface area contributed by atoms with Gasteiger partial charge >= 0.3 is 0 Å². The molecule has 5 nitrogen and oxygen atoms in total. The fourth-order valence-corrected chi connectivity index (χ4v) is 5.81. The first-order valence-corrected chi connectivity index (χ1v) is 13.3. The standard InChI is InChI=1S/C30H40N4O/c1-5-34(6-2)25-10-7-22(8-11-25)24-9-12-27(33-29(35)28-17-21(19-31)20-32-28)26(18-24)23-13-15-30(3,4)16-14-23/h9,12-13,17-18,20,22,25,32H,5-8,10-11,14-16H2,1-4H3,(H,33,35). The van der Waals surface area contributed by atoms with Crippen LogP contribution < -0.4 is 5.32 Å². The quantitative estimate of drug-likeness (QED) is 0.451. The smallest absolute Gasteiger partial charge is 0.272 e. The molecule has 2 aliphatic rings. The van der Waals surface area contributed by atoms with Gasteiger partial charge in [0.15, 0.2) is 0 Å². The summed E-state index contributed by atoms with van der Waals surface area (Å²) >= 11 is 0. The summed E-state index contributed by atoms with van der Waals surface area (Å²) in [6.45, 7) is 11.4. The van der Waals surface area contributed by atoms with Crippen LogP contribution in [0.15, 0.2) is 36.5 Å². The summed E-state index contributed by atoms with van der Waals surface area (Å²) in [5.41, 5.74) is 5.94. The van der Waals surface area contributed by atoms with Gasteiger partial charge in [0.1, 0.15) is 11.8 Å². The lowest BCUT2D eigenvalue weighted by molar-refractivity contribution is 0.102. The van der Waals surface area contributed by atoms with Crippen molar-refractivity contribution in [2.24, 2.45) is 5.41 Å². The number of carbonyl (C=O) groups excluding carboxylic acids is 1. The van der Waals surface area contributed by atoms with Crippen LogP contribution in [0.4, 0.5) is 5.69 Å². The predicted octanol–water partition coefficient (Wildman–Crippen LogP) is 7.10. The van der Waals surface area contributed by atoms with E-state index in [1.807, 2.05) is 0 Å². The fraction of sp³-hybridized carbons (Fsp3) is 0.533. The number of anilines is 1. The second-order valence-electron chi connectivity index (χ2n) is 11.0. The lowest BCUT2D eigenvalue weighted by Crippen LogP contribution is -2.37. The molecular formula is C30H40N4O. The monoisotopic (exact) mass is 472 g/mol. The maximum absolute atomic E-state index is 12.9. The Kier molecular flexibility index (Phi) is 7.82. The van der Waals surface area contributed by atoms with E-state index in [0.29, 0.717) is 28.6 Å².